The highest BCUT2D eigenvalue weighted by atomic mass is 32.3. The van der Waals surface area contributed by atoms with Crippen molar-refractivity contribution in [3.63, 3.8) is 0 Å². The van der Waals surface area contributed by atoms with Crippen LogP contribution in [-0.2, 0) is 29.5 Å². The highest BCUT2D eigenvalue weighted by molar-refractivity contribution is 7.83. The van der Waals surface area contributed by atoms with Crippen molar-refractivity contribution in [2.75, 3.05) is 5.73 Å². The van der Waals surface area contributed by atoms with Gasteiger partial charge in [0.05, 0.1) is 0 Å². The molecule has 1 aromatic rings. The monoisotopic (exact) mass is 287 g/mol. The fourth-order valence-electron chi connectivity index (χ4n) is 0.523. The number of benzene rings is 1. The molecule has 0 aliphatic heterocycles. The second kappa shape index (κ2) is 6.48. The highest BCUT2D eigenvalue weighted by Crippen LogP contribution is 1.96. The van der Waals surface area contributed by atoms with Gasteiger partial charge in [0.1, 0.15) is 0 Å². The fraction of sp³-hybridized carbons (Fsp3) is 0. The number of anilines is 1. The molecular weight excluding hydrogens is 278 g/mol. The van der Waals surface area contributed by atoms with Gasteiger partial charge in [-0.1, -0.05) is 26.9 Å². The quantitative estimate of drug-likeness (QED) is 0.297. The predicted octanol–water partition coefficient (Wildman–Crippen LogP) is -0.191. The molecular formula is C6H9NO8S2. The van der Waals surface area contributed by atoms with Gasteiger partial charge in [-0.2, -0.15) is 16.8 Å². The molecule has 0 atom stereocenters. The molecule has 17 heavy (non-hydrogen) atoms. The number of rotatable bonds is 3. The summed E-state index contributed by atoms with van der Waals surface area (Å²) in [6.45, 7) is 0. The van der Waals surface area contributed by atoms with Gasteiger partial charge in [-0.25, -0.2) is 0 Å². The van der Waals surface area contributed by atoms with E-state index in [1.807, 2.05) is 30.3 Å². The number of hydrogen-bond acceptors (Lipinski definition) is 7. The van der Waals surface area contributed by atoms with Crippen molar-refractivity contribution in [1.29, 1.82) is 0 Å². The molecule has 0 saturated heterocycles. The molecule has 0 unspecified atom stereocenters. The van der Waals surface area contributed by atoms with E-state index in [0.29, 0.717) is 0 Å². The normalized spacial score (nSPS) is 11.4. The van der Waals surface area contributed by atoms with Gasteiger partial charge < -0.3 is 5.73 Å². The lowest BCUT2D eigenvalue weighted by molar-refractivity contribution is -0.105. The number of hydrogen-bond donors (Lipinski definition) is 3. The Morgan fingerprint density at radius 3 is 1.41 bits per heavy atom. The molecule has 0 saturated carbocycles. The molecule has 11 heteroatoms. The zero-order valence-electron chi connectivity index (χ0n) is 8.12. The Hall–Kier alpha value is -1.24. The van der Waals surface area contributed by atoms with Gasteiger partial charge in [0.2, 0.25) is 0 Å². The van der Waals surface area contributed by atoms with Crippen LogP contribution in [0.5, 0.6) is 0 Å². The second-order valence-electron chi connectivity index (χ2n) is 2.40. The molecule has 1 aromatic carbocycles. The van der Waals surface area contributed by atoms with Gasteiger partial charge >= 0.3 is 20.8 Å². The summed E-state index contributed by atoms with van der Waals surface area (Å²) in [6, 6.07) is 9.49. The minimum atomic E-state index is -5.02. The van der Waals surface area contributed by atoms with Crippen LogP contribution < -0.4 is 5.73 Å². The van der Waals surface area contributed by atoms with E-state index in [4.69, 9.17) is 14.8 Å². The van der Waals surface area contributed by atoms with E-state index in [-0.39, 0.29) is 0 Å². The van der Waals surface area contributed by atoms with E-state index in [2.05, 4.69) is 8.67 Å². The average molecular weight is 287 g/mol. The smallest absolute Gasteiger partial charge is 0.399 e. The molecule has 98 valence electrons. The van der Waals surface area contributed by atoms with Crippen LogP contribution in [-0.4, -0.2) is 25.9 Å². The molecule has 1 rings (SSSR count). The molecule has 0 aliphatic carbocycles. The van der Waals surface area contributed by atoms with Gasteiger partial charge in [0.25, 0.3) is 0 Å². The Morgan fingerprint density at radius 1 is 0.882 bits per heavy atom. The molecule has 0 amide bonds. The molecule has 0 radical (unpaired) electrons. The first-order valence-electron chi connectivity index (χ1n) is 3.73. The molecule has 0 aromatic heterocycles. The van der Waals surface area contributed by atoms with Gasteiger partial charge in [0.15, 0.2) is 0 Å². The van der Waals surface area contributed by atoms with Crippen LogP contribution in [0.25, 0.3) is 0 Å². The maximum Gasteiger partial charge on any atom is 0.425 e. The van der Waals surface area contributed by atoms with Crippen LogP contribution in [0.3, 0.4) is 0 Å². The Kier molecular flexibility index (Phi) is 6.01. The lowest BCUT2D eigenvalue weighted by atomic mass is 10.3. The first-order chi connectivity index (χ1) is 7.60. The minimum Gasteiger partial charge on any atom is -0.399 e. The van der Waals surface area contributed by atoms with E-state index < -0.39 is 20.8 Å². The van der Waals surface area contributed by atoms with E-state index in [1.54, 1.807) is 0 Å². The van der Waals surface area contributed by atoms with Crippen molar-refractivity contribution in [1.82, 2.24) is 0 Å². The second-order valence-corrected chi connectivity index (χ2v) is 4.39. The van der Waals surface area contributed by atoms with Gasteiger partial charge in [-0.15, -0.1) is 0 Å². The van der Waals surface area contributed by atoms with Crippen molar-refractivity contribution in [3.8, 4) is 0 Å². The van der Waals surface area contributed by atoms with Crippen LogP contribution in [0.4, 0.5) is 5.69 Å². The number of nitrogen functional groups attached to an aromatic ring is 1. The molecule has 9 nitrogen and oxygen atoms in total. The predicted molar refractivity (Wildman–Crippen MR) is 56.1 cm³/mol. The summed E-state index contributed by atoms with van der Waals surface area (Å²) in [5.74, 6) is 0. The van der Waals surface area contributed by atoms with Crippen molar-refractivity contribution >= 4 is 26.5 Å². The van der Waals surface area contributed by atoms with Crippen LogP contribution in [0.2, 0.25) is 0 Å². The summed E-state index contributed by atoms with van der Waals surface area (Å²) in [5.41, 5.74) is 6.18. The zero-order chi connectivity index (χ0) is 13.5. The van der Waals surface area contributed by atoms with E-state index in [9.17, 15) is 16.8 Å². The average Bonchev–Trinajstić information content (AvgIpc) is 2.15. The van der Waals surface area contributed by atoms with Crippen molar-refractivity contribution < 1.29 is 34.6 Å². The summed E-state index contributed by atoms with van der Waals surface area (Å²) in [6.07, 6.45) is 0. The largest absolute Gasteiger partial charge is 0.425 e. The first kappa shape index (κ1) is 15.8. The molecule has 0 bridgehead atoms. The van der Waals surface area contributed by atoms with E-state index in [1.165, 1.54) is 0 Å². The Labute approximate surface area is 97.6 Å². The first-order valence-corrected chi connectivity index (χ1v) is 6.46. The number of para-hydroxylation sites is 1. The third-order valence-electron chi connectivity index (χ3n) is 0.999. The molecule has 0 aliphatic rings. The summed E-state index contributed by atoms with van der Waals surface area (Å²) in [7, 11) is -10.0. The molecule has 0 heterocycles. The maximum absolute atomic E-state index is 9.51. The lowest BCUT2D eigenvalue weighted by Crippen LogP contribution is -2.10. The third-order valence-corrected chi connectivity index (χ3v) is 1.57. The third kappa shape index (κ3) is 12.7. The van der Waals surface area contributed by atoms with Crippen LogP contribution in [0, 0.1) is 0 Å². The summed E-state index contributed by atoms with van der Waals surface area (Å²) in [5, 5.41) is 0. The van der Waals surface area contributed by atoms with Crippen molar-refractivity contribution in [2.45, 2.75) is 0 Å². The summed E-state index contributed by atoms with van der Waals surface area (Å²) < 4.78 is 58.9. The van der Waals surface area contributed by atoms with Gasteiger partial charge in [-0.3, -0.25) is 9.11 Å². The van der Waals surface area contributed by atoms with Crippen molar-refractivity contribution in [3.05, 3.63) is 30.3 Å². The molecule has 4 N–H and O–H groups in total. The summed E-state index contributed by atoms with van der Waals surface area (Å²) in [4.78, 5) is 0. The fourth-order valence-corrected chi connectivity index (χ4v) is 1.08. The SMILES string of the molecule is Nc1ccccc1.O=S(=O)(O)OOS(=O)(=O)O. The van der Waals surface area contributed by atoms with Gasteiger partial charge in [-0.05, 0) is 12.1 Å². The molecule has 0 spiro atoms. The Morgan fingerprint density at radius 2 is 1.24 bits per heavy atom. The number of nitrogens with two attached hydrogens (primary N) is 1. The van der Waals surface area contributed by atoms with Crippen LogP contribution in [0.15, 0.2) is 30.3 Å². The van der Waals surface area contributed by atoms with E-state index >= 15 is 0 Å². The summed E-state index contributed by atoms with van der Waals surface area (Å²) >= 11 is 0. The Balaban J connectivity index is 0.000000318. The van der Waals surface area contributed by atoms with Gasteiger partial charge in [0, 0.05) is 5.69 Å². The highest BCUT2D eigenvalue weighted by Gasteiger charge is 2.13. The van der Waals surface area contributed by atoms with Crippen molar-refractivity contribution in [2.24, 2.45) is 0 Å². The van der Waals surface area contributed by atoms with E-state index in [0.717, 1.165) is 5.69 Å². The molecule has 0 fully saturated rings. The topological polar surface area (TPSA) is 153 Å². The maximum atomic E-state index is 9.51. The Bertz CT molecular complexity index is 490. The zero-order valence-corrected chi connectivity index (χ0v) is 9.76. The van der Waals surface area contributed by atoms with Crippen LogP contribution in [0.1, 0.15) is 0 Å². The lowest BCUT2D eigenvalue weighted by Gasteiger charge is -1.92. The minimum absolute atomic E-state index is 0.822. The standard InChI is InChI=1S/C6H7N.H2O8S2/c7-6-4-2-1-3-5-6;1-9(2,3)7-8-10(4,5)6/h1-5H,7H2;(H,1,2,3)(H,4,5,6). The van der Waals surface area contributed by atoms with Crippen LogP contribution >= 0.6 is 0 Å².